The summed E-state index contributed by atoms with van der Waals surface area (Å²) in [6.45, 7) is 1.59. The second kappa shape index (κ2) is 8.14. The van der Waals surface area contributed by atoms with Crippen molar-refractivity contribution in [2.45, 2.75) is 30.8 Å². The average molecular weight is 349 g/mol. The fraction of sp³-hybridized carbons (Fsp3) is 0.400. The third-order valence-electron chi connectivity index (χ3n) is 2.93. The minimum atomic E-state index is -4.92. The molecule has 4 nitrogen and oxygen atoms in total. The fourth-order valence-corrected chi connectivity index (χ4v) is 3.22. The highest BCUT2D eigenvalue weighted by Crippen LogP contribution is 2.16. The van der Waals surface area contributed by atoms with Crippen molar-refractivity contribution in [3.8, 4) is 0 Å². The second-order valence-electron chi connectivity index (χ2n) is 4.86. The Morgan fingerprint density at radius 2 is 2.00 bits per heavy atom. The molecule has 128 valence electrons. The van der Waals surface area contributed by atoms with Crippen LogP contribution in [0.5, 0.6) is 0 Å². The number of rotatable bonds is 7. The van der Waals surface area contributed by atoms with Gasteiger partial charge in [0.1, 0.15) is 0 Å². The normalized spacial score (nSPS) is 12.5. The van der Waals surface area contributed by atoms with E-state index >= 15 is 0 Å². The van der Waals surface area contributed by atoms with Gasteiger partial charge in [-0.15, -0.1) is 0 Å². The lowest BCUT2D eigenvalue weighted by Crippen LogP contribution is -2.36. The van der Waals surface area contributed by atoms with Gasteiger partial charge in [0.05, 0.1) is 10.6 Å². The van der Waals surface area contributed by atoms with E-state index in [2.05, 4.69) is 0 Å². The number of amides is 1. The molecule has 0 spiro atoms. The van der Waals surface area contributed by atoms with Crippen molar-refractivity contribution in [1.29, 1.82) is 0 Å². The Bertz CT molecular complexity index is 667. The topological polar surface area (TPSA) is 63.2 Å². The minimum absolute atomic E-state index is 0.0539. The Morgan fingerprint density at radius 1 is 1.30 bits per heavy atom. The van der Waals surface area contributed by atoms with Crippen LogP contribution in [0.25, 0.3) is 6.08 Å². The molecule has 1 aromatic rings. The van der Waals surface area contributed by atoms with Crippen LogP contribution in [0.15, 0.2) is 35.2 Å². The Balaban J connectivity index is 2.71. The van der Waals surface area contributed by atoms with Crippen molar-refractivity contribution >= 4 is 21.8 Å². The number of hydrogen-bond donors (Lipinski definition) is 1. The third kappa shape index (κ3) is 6.43. The average Bonchev–Trinajstić information content (AvgIpc) is 2.48. The van der Waals surface area contributed by atoms with E-state index in [1.165, 1.54) is 24.3 Å². The molecule has 0 aliphatic heterocycles. The van der Waals surface area contributed by atoms with E-state index in [1.54, 1.807) is 17.4 Å². The van der Waals surface area contributed by atoms with Crippen LogP contribution >= 0.6 is 0 Å². The summed E-state index contributed by atoms with van der Waals surface area (Å²) in [4.78, 5) is 10.8. The largest absolute Gasteiger partial charge is 0.471 e. The molecule has 0 aliphatic carbocycles. The van der Waals surface area contributed by atoms with Gasteiger partial charge < -0.3 is 5.32 Å². The van der Waals surface area contributed by atoms with Crippen LogP contribution in [-0.4, -0.2) is 32.8 Å². The summed E-state index contributed by atoms with van der Waals surface area (Å²) >= 11 is 0. The number of alkyl halides is 3. The first kappa shape index (κ1) is 19.2. The van der Waals surface area contributed by atoms with Crippen molar-refractivity contribution in [3.63, 3.8) is 0 Å². The molecule has 1 N–H and O–H groups in total. The monoisotopic (exact) mass is 349 g/mol. The van der Waals surface area contributed by atoms with E-state index in [-0.39, 0.29) is 17.2 Å². The summed E-state index contributed by atoms with van der Waals surface area (Å²) in [6.07, 6.45) is -0.818. The van der Waals surface area contributed by atoms with Gasteiger partial charge in [0.15, 0.2) is 9.84 Å². The van der Waals surface area contributed by atoms with Gasteiger partial charge in [-0.25, -0.2) is 8.42 Å². The zero-order valence-corrected chi connectivity index (χ0v) is 13.4. The van der Waals surface area contributed by atoms with Crippen molar-refractivity contribution in [2.24, 2.45) is 0 Å². The number of unbranched alkanes of at least 4 members (excludes halogenated alkanes) is 1. The SMILES string of the molecule is CCCCS(=O)(=O)c1cccc(C=CCNC(=O)C(F)(F)F)c1. The van der Waals surface area contributed by atoms with E-state index in [9.17, 15) is 26.4 Å². The van der Waals surface area contributed by atoms with Gasteiger partial charge in [-0.2, -0.15) is 13.2 Å². The highest BCUT2D eigenvalue weighted by atomic mass is 32.2. The molecule has 0 saturated heterocycles. The first-order chi connectivity index (χ1) is 10.7. The molecule has 8 heteroatoms. The molecule has 0 bridgehead atoms. The van der Waals surface area contributed by atoms with E-state index in [0.29, 0.717) is 12.0 Å². The van der Waals surface area contributed by atoms with Gasteiger partial charge in [0.25, 0.3) is 0 Å². The quantitative estimate of drug-likeness (QED) is 0.823. The highest BCUT2D eigenvalue weighted by Gasteiger charge is 2.37. The van der Waals surface area contributed by atoms with E-state index in [0.717, 1.165) is 6.42 Å². The smallest absolute Gasteiger partial charge is 0.345 e. The van der Waals surface area contributed by atoms with E-state index < -0.39 is 21.9 Å². The highest BCUT2D eigenvalue weighted by molar-refractivity contribution is 7.91. The van der Waals surface area contributed by atoms with Crippen molar-refractivity contribution in [1.82, 2.24) is 5.32 Å². The lowest BCUT2D eigenvalue weighted by atomic mass is 10.2. The molecular weight excluding hydrogens is 331 g/mol. The second-order valence-corrected chi connectivity index (χ2v) is 6.96. The van der Waals surface area contributed by atoms with Crippen LogP contribution in [0, 0.1) is 0 Å². The van der Waals surface area contributed by atoms with Gasteiger partial charge >= 0.3 is 12.1 Å². The molecule has 1 rings (SSSR count). The standard InChI is InChI=1S/C15H18F3NO3S/c1-2-3-10-23(21,22)13-8-4-6-12(11-13)7-5-9-19-14(20)15(16,17)18/h4-8,11H,2-3,9-10H2,1H3,(H,19,20). The predicted molar refractivity (Wildman–Crippen MR) is 81.5 cm³/mol. The molecular formula is C15H18F3NO3S. The third-order valence-corrected chi connectivity index (χ3v) is 4.73. The summed E-state index contributed by atoms with van der Waals surface area (Å²) < 4.78 is 60.1. The fourth-order valence-electron chi connectivity index (χ4n) is 1.71. The molecule has 23 heavy (non-hydrogen) atoms. The zero-order valence-electron chi connectivity index (χ0n) is 12.6. The van der Waals surface area contributed by atoms with Crippen LogP contribution in [0.4, 0.5) is 13.2 Å². The molecule has 1 aromatic carbocycles. The Hall–Kier alpha value is -1.83. The maximum atomic E-state index is 12.1. The minimum Gasteiger partial charge on any atom is -0.345 e. The summed E-state index contributed by atoms with van der Waals surface area (Å²) in [6, 6.07) is 6.12. The lowest BCUT2D eigenvalue weighted by molar-refractivity contribution is -0.173. The molecule has 0 aliphatic rings. The van der Waals surface area contributed by atoms with E-state index in [1.807, 2.05) is 6.92 Å². The number of hydrogen-bond acceptors (Lipinski definition) is 3. The van der Waals surface area contributed by atoms with Crippen LogP contribution in [0.2, 0.25) is 0 Å². The van der Waals surface area contributed by atoms with Crippen LogP contribution in [-0.2, 0) is 14.6 Å². The van der Waals surface area contributed by atoms with Crippen molar-refractivity contribution in [3.05, 3.63) is 35.9 Å². The lowest BCUT2D eigenvalue weighted by Gasteiger charge is -2.06. The zero-order chi connectivity index (χ0) is 17.5. The van der Waals surface area contributed by atoms with Gasteiger partial charge in [-0.05, 0) is 24.1 Å². The molecule has 0 aromatic heterocycles. The van der Waals surface area contributed by atoms with Gasteiger partial charge in [-0.1, -0.05) is 37.6 Å². The predicted octanol–water partition coefficient (Wildman–Crippen LogP) is 2.95. The number of benzene rings is 1. The summed E-state index contributed by atoms with van der Waals surface area (Å²) in [5.74, 6) is -1.96. The van der Waals surface area contributed by atoms with Crippen LogP contribution < -0.4 is 5.32 Å². The summed E-state index contributed by atoms with van der Waals surface area (Å²) in [5.41, 5.74) is 0.531. The van der Waals surface area contributed by atoms with Gasteiger partial charge in [0.2, 0.25) is 0 Å². The number of sulfone groups is 1. The van der Waals surface area contributed by atoms with Gasteiger partial charge in [0, 0.05) is 6.54 Å². The van der Waals surface area contributed by atoms with Crippen LogP contribution in [0.3, 0.4) is 0 Å². The van der Waals surface area contributed by atoms with Gasteiger partial charge in [-0.3, -0.25) is 4.79 Å². The molecule has 0 heterocycles. The number of halogens is 3. The molecule has 0 radical (unpaired) electrons. The maximum Gasteiger partial charge on any atom is 0.471 e. The molecule has 0 fully saturated rings. The Morgan fingerprint density at radius 3 is 2.61 bits per heavy atom. The Kier molecular flexibility index (Phi) is 6.80. The first-order valence-corrected chi connectivity index (χ1v) is 8.66. The molecule has 0 atom stereocenters. The Labute approximate surface area is 133 Å². The molecule has 0 saturated carbocycles. The number of nitrogens with one attached hydrogen (secondary N) is 1. The summed E-state index contributed by atoms with van der Waals surface area (Å²) in [7, 11) is -3.36. The number of carbonyl (C=O) groups excluding carboxylic acids is 1. The number of carbonyl (C=O) groups is 1. The maximum absolute atomic E-state index is 12.1. The molecule has 0 unspecified atom stereocenters. The van der Waals surface area contributed by atoms with E-state index in [4.69, 9.17) is 0 Å². The van der Waals surface area contributed by atoms with Crippen LogP contribution in [0.1, 0.15) is 25.3 Å². The van der Waals surface area contributed by atoms with Crippen molar-refractivity contribution < 1.29 is 26.4 Å². The summed E-state index contributed by atoms with van der Waals surface area (Å²) in [5, 5.41) is 1.70. The first-order valence-electron chi connectivity index (χ1n) is 7.01. The molecule has 1 amide bonds. The van der Waals surface area contributed by atoms with Crippen molar-refractivity contribution in [2.75, 3.05) is 12.3 Å².